The number of carbonyl (C=O) groups excluding carboxylic acids is 1. The highest BCUT2D eigenvalue weighted by atomic mass is 16.8. The number of imidazole rings is 1. The number of methoxy groups -OCH3 is 3. The van der Waals surface area contributed by atoms with Gasteiger partial charge in [0.2, 0.25) is 5.75 Å². The summed E-state index contributed by atoms with van der Waals surface area (Å²) in [6.07, 6.45) is 1.71. The van der Waals surface area contributed by atoms with Crippen molar-refractivity contribution in [2.75, 3.05) is 21.3 Å². The molecule has 35 heavy (non-hydrogen) atoms. The third-order valence-electron chi connectivity index (χ3n) is 5.27. The highest BCUT2D eigenvalue weighted by molar-refractivity contribution is 6.02. The summed E-state index contributed by atoms with van der Waals surface area (Å²) >= 11 is 0. The van der Waals surface area contributed by atoms with E-state index in [0.29, 0.717) is 50.9 Å². The third-order valence-corrected chi connectivity index (χ3v) is 5.27. The summed E-state index contributed by atoms with van der Waals surface area (Å²) in [6.45, 7) is 0. The molecule has 0 fully saturated rings. The highest BCUT2D eigenvalue weighted by Crippen LogP contribution is 2.39. The molecule has 1 unspecified atom stereocenters. The number of aromatic nitrogens is 2. The summed E-state index contributed by atoms with van der Waals surface area (Å²) in [6, 6.07) is 16.8. The molecule has 4 rings (SSSR count). The van der Waals surface area contributed by atoms with Gasteiger partial charge in [-0.2, -0.15) is 5.23 Å². The van der Waals surface area contributed by atoms with Crippen molar-refractivity contribution < 1.29 is 29.4 Å². The number of nitrogens with zero attached hydrogens (tertiary/aromatic N) is 1. The van der Waals surface area contributed by atoms with Crippen molar-refractivity contribution in [3.63, 3.8) is 0 Å². The van der Waals surface area contributed by atoms with E-state index in [2.05, 4.69) is 15.3 Å². The second-order valence-corrected chi connectivity index (χ2v) is 7.46. The predicted molar refractivity (Wildman–Crippen MR) is 130 cm³/mol. The number of rotatable bonds is 8. The minimum absolute atomic E-state index is 0.121. The summed E-state index contributed by atoms with van der Waals surface area (Å²) in [5.74, 6) is 1.34. The minimum Gasteiger partial charge on any atom is -0.595 e. The number of benzene rings is 3. The van der Waals surface area contributed by atoms with E-state index < -0.39 is 5.23 Å². The molecule has 3 aromatic carbocycles. The Labute approximate surface area is 200 Å². The van der Waals surface area contributed by atoms with Gasteiger partial charge in [-0.05, 0) is 42.0 Å². The van der Waals surface area contributed by atoms with E-state index in [1.807, 2.05) is 6.07 Å². The first-order valence-corrected chi connectivity index (χ1v) is 10.5. The Bertz CT molecular complexity index is 1360. The number of nitrogens with one attached hydrogen (secondary N) is 3. The standard InChI is InChI=1S/C25H24N4O6/c1-33-21-12-15(13-22(34-2)23(21)35-3)11-20(28-25(30)16-7-5-4-6-8-16)24-26-18-10-9-17(29(31)32)14-19(18)27-24/h4-14,29,31H,1-3H3,(H,26,27)(H,28,30)/b20-11-. The average molecular weight is 476 g/mol. The van der Waals surface area contributed by atoms with Crippen LogP contribution in [0.15, 0.2) is 60.7 Å². The molecule has 0 aliphatic heterocycles. The number of ether oxygens (including phenoxy) is 3. The Morgan fingerprint density at radius 3 is 2.31 bits per heavy atom. The molecule has 0 spiro atoms. The van der Waals surface area contributed by atoms with Crippen LogP contribution >= 0.6 is 0 Å². The van der Waals surface area contributed by atoms with Gasteiger partial charge in [-0.1, -0.05) is 18.2 Å². The van der Waals surface area contributed by atoms with Gasteiger partial charge in [-0.15, -0.1) is 0 Å². The van der Waals surface area contributed by atoms with Gasteiger partial charge in [0, 0.05) is 17.7 Å². The lowest BCUT2D eigenvalue weighted by Gasteiger charge is -2.14. The van der Waals surface area contributed by atoms with Crippen LogP contribution < -0.4 is 24.8 Å². The number of hydrogen-bond donors (Lipinski definition) is 4. The monoisotopic (exact) mass is 476 g/mol. The number of amides is 1. The third kappa shape index (κ3) is 5.09. The number of quaternary nitrogens is 1. The molecule has 4 aromatic rings. The van der Waals surface area contributed by atoms with Gasteiger partial charge in [-0.25, -0.2) is 10.2 Å². The SMILES string of the molecule is COc1cc(/C=C(\NC(=O)c2ccccc2)c2nc3ccc([NH+]([O-])O)cc3[nH]2)cc(OC)c1OC. The fourth-order valence-corrected chi connectivity index (χ4v) is 3.57. The lowest BCUT2D eigenvalue weighted by Crippen LogP contribution is -2.99. The molecule has 1 atom stereocenters. The molecule has 180 valence electrons. The average Bonchev–Trinajstić information content (AvgIpc) is 3.31. The molecule has 0 aliphatic rings. The molecule has 4 N–H and O–H groups in total. The van der Waals surface area contributed by atoms with Gasteiger partial charge >= 0.3 is 0 Å². The maximum absolute atomic E-state index is 13.0. The smallest absolute Gasteiger partial charge is 0.255 e. The quantitative estimate of drug-likeness (QED) is 0.287. The number of carbonyl (C=O) groups is 1. The summed E-state index contributed by atoms with van der Waals surface area (Å²) < 4.78 is 16.3. The molecule has 1 aromatic heterocycles. The van der Waals surface area contributed by atoms with Crippen LogP contribution in [-0.2, 0) is 0 Å². The van der Waals surface area contributed by atoms with Crippen molar-refractivity contribution in [3.05, 3.63) is 82.8 Å². The van der Waals surface area contributed by atoms with Crippen molar-refractivity contribution in [3.8, 4) is 17.2 Å². The Kier molecular flexibility index (Phi) is 6.97. The number of hydrogen-bond acceptors (Lipinski definition) is 7. The minimum atomic E-state index is -1.05. The molecule has 1 heterocycles. The van der Waals surface area contributed by atoms with E-state index in [4.69, 9.17) is 14.2 Å². The summed E-state index contributed by atoms with van der Waals surface area (Å²) in [5.41, 5.74) is 2.67. The van der Waals surface area contributed by atoms with Gasteiger partial charge in [0.15, 0.2) is 23.0 Å². The molecule has 0 radical (unpaired) electrons. The molecule has 0 aliphatic carbocycles. The van der Waals surface area contributed by atoms with E-state index in [9.17, 15) is 15.2 Å². The van der Waals surface area contributed by atoms with E-state index in [1.54, 1.807) is 48.5 Å². The first-order chi connectivity index (χ1) is 16.9. The van der Waals surface area contributed by atoms with Crippen LogP contribution in [0.1, 0.15) is 21.7 Å². The summed E-state index contributed by atoms with van der Waals surface area (Å²) in [7, 11) is 4.55. The van der Waals surface area contributed by atoms with Crippen LogP contribution in [-0.4, -0.2) is 42.4 Å². The van der Waals surface area contributed by atoms with Gasteiger partial charge in [0.25, 0.3) is 5.91 Å². The van der Waals surface area contributed by atoms with Crippen LogP contribution in [0, 0.1) is 5.21 Å². The van der Waals surface area contributed by atoms with Crippen molar-refractivity contribution >= 4 is 34.4 Å². The van der Waals surface area contributed by atoms with E-state index in [1.165, 1.54) is 33.5 Å². The highest BCUT2D eigenvalue weighted by Gasteiger charge is 2.17. The summed E-state index contributed by atoms with van der Waals surface area (Å²) in [5, 5.41) is 22.5. The summed E-state index contributed by atoms with van der Waals surface area (Å²) in [4.78, 5) is 20.6. The second kappa shape index (κ2) is 10.3. The van der Waals surface area contributed by atoms with Gasteiger partial charge in [0.1, 0.15) is 0 Å². The zero-order chi connectivity index (χ0) is 24.9. The Balaban J connectivity index is 1.83. The second-order valence-electron chi connectivity index (χ2n) is 7.46. The fraction of sp³-hybridized carbons (Fsp3) is 0.120. The Morgan fingerprint density at radius 2 is 1.71 bits per heavy atom. The molecular weight excluding hydrogens is 452 g/mol. The van der Waals surface area contributed by atoms with Crippen LogP contribution in [0.25, 0.3) is 22.8 Å². The molecular formula is C25H24N4O6. The lowest BCUT2D eigenvalue weighted by atomic mass is 10.1. The number of aromatic amines is 1. The first kappa shape index (κ1) is 23.8. The van der Waals surface area contributed by atoms with Crippen molar-refractivity contribution in [2.24, 2.45) is 0 Å². The molecule has 1 amide bonds. The normalized spacial score (nSPS) is 12.3. The zero-order valence-corrected chi connectivity index (χ0v) is 19.3. The van der Waals surface area contributed by atoms with Crippen molar-refractivity contribution in [2.45, 2.75) is 0 Å². The largest absolute Gasteiger partial charge is 0.595 e. The maximum Gasteiger partial charge on any atom is 0.255 e. The number of H-pyrrole nitrogens is 1. The van der Waals surface area contributed by atoms with E-state index >= 15 is 0 Å². The predicted octanol–water partition coefficient (Wildman–Crippen LogP) is 2.92. The fourth-order valence-electron chi connectivity index (χ4n) is 3.57. The molecule has 10 nitrogen and oxygen atoms in total. The molecule has 10 heteroatoms. The zero-order valence-electron chi connectivity index (χ0n) is 19.3. The maximum atomic E-state index is 13.0. The molecule has 0 bridgehead atoms. The number of fused-ring (bicyclic) bond motifs is 1. The molecule has 0 saturated heterocycles. The van der Waals surface area contributed by atoms with Crippen LogP contribution in [0.4, 0.5) is 5.69 Å². The topological polar surface area (TPSA) is 133 Å². The molecule has 0 saturated carbocycles. The first-order valence-electron chi connectivity index (χ1n) is 10.5. The van der Waals surface area contributed by atoms with E-state index in [-0.39, 0.29) is 11.6 Å². The van der Waals surface area contributed by atoms with Crippen molar-refractivity contribution in [1.82, 2.24) is 15.3 Å². The Hall–Kier alpha value is -4.38. The lowest BCUT2D eigenvalue weighted by molar-refractivity contribution is -0.991. The van der Waals surface area contributed by atoms with Gasteiger partial charge < -0.3 is 29.7 Å². The van der Waals surface area contributed by atoms with Crippen LogP contribution in [0.5, 0.6) is 17.2 Å². The van der Waals surface area contributed by atoms with Crippen LogP contribution in [0.3, 0.4) is 0 Å². The van der Waals surface area contributed by atoms with E-state index in [0.717, 1.165) is 0 Å². The van der Waals surface area contributed by atoms with Crippen molar-refractivity contribution in [1.29, 1.82) is 0 Å². The Morgan fingerprint density at radius 1 is 1.03 bits per heavy atom. The van der Waals surface area contributed by atoms with Gasteiger partial charge in [-0.3, -0.25) is 4.79 Å². The van der Waals surface area contributed by atoms with Crippen LogP contribution in [0.2, 0.25) is 0 Å². The van der Waals surface area contributed by atoms with Gasteiger partial charge in [0.05, 0.1) is 38.1 Å².